The summed E-state index contributed by atoms with van der Waals surface area (Å²) in [5.74, 6) is -0.324. The molecule has 1 aliphatic heterocycles. The molecule has 1 aliphatic carbocycles. The largest absolute Gasteiger partial charge is 0.478 e. The van der Waals surface area contributed by atoms with Gasteiger partial charge in [-0.15, -0.1) is 0 Å². The summed E-state index contributed by atoms with van der Waals surface area (Å²) in [7, 11) is 0. The first kappa shape index (κ1) is 24.5. The summed E-state index contributed by atoms with van der Waals surface area (Å²) >= 11 is 0. The van der Waals surface area contributed by atoms with Crippen molar-refractivity contribution in [3.63, 3.8) is 0 Å². The van der Waals surface area contributed by atoms with Gasteiger partial charge in [0.2, 0.25) is 0 Å². The molecule has 1 fully saturated rings. The zero-order valence-corrected chi connectivity index (χ0v) is 20.6. The van der Waals surface area contributed by atoms with E-state index in [1.54, 1.807) is 12.1 Å². The van der Waals surface area contributed by atoms with Crippen molar-refractivity contribution in [1.29, 1.82) is 0 Å². The van der Waals surface area contributed by atoms with Crippen LogP contribution in [0.15, 0.2) is 29.3 Å². The number of benzene rings is 1. The van der Waals surface area contributed by atoms with Crippen LogP contribution < -0.4 is 0 Å². The Hall–Kier alpha value is -2.17. The van der Waals surface area contributed by atoms with E-state index in [9.17, 15) is 14.7 Å². The van der Waals surface area contributed by atoms with Gasteiger partial charge in [0, 0.05) is 0 Å². The fourth-order valence-corrected chi connectivity index (χ4v) is 5.35. The summed E-state index contributed by atoms with van der Waals surface area (Å²) in [5.41, 5.74) is 1.17. The summed E-state index contributed by atoms with van der Waals surface area (Å²) in [6.45, 7) is 13.6. The molecule has 5 heteroatoms. The summed E-state index contributed by atoms with van der Waals surface area (Å²) in [6, 6.07) is 6.95. The van der Waals surface area contributed by atoms with Gasteiger partial charge in [-0.3, -0.25) is 9.79 Å². The van der Waals surface area contributed by atoms with Crippen LogP contribution in [0.4, 0.5) is 0 Å². The van der Waals surface area contributed by atoms with Crippen molar-refractivity contribution >= 4 is 18.1 Å². The van der Waals surface area contributed by atoms with Crippen molar-refractivity contribution in [2.45, 2.75) is 98.2 Å². The van der Waals surface area contributed by atoms with Crippen LogP contribution in [0.3, 0.4) is 0 Å². The van der Waals surface area contributed by atoms with E-state index in [1.807, 2.05) is 17.0 Å². The van der Waals surface area contributed by atoms with E-state index in [4.69, 9.17) is 4.99 Å². The maximum absolute atomic E-state index is 13.2. The van der Waals surface area contributed by atoms with Gasteiger partial charge in [-0.2, -0.15) is 0 Å². The molecule has 0 bridgehead atoms. The van der Waals surface area contributed by atoms with E-state index in [1.165, 1.54) is 12.6 Å². The molecule has 3 rings (SSSR count). The maximum atomic E-state index is 13.2. The number of aromatic carboxylic acids is 1. The zero-order chi connectivity index (χ0) is 23.7. The van der Waals surface area contributed by atoms with E-state index >= 15 is 0 Å². The standard InChI is InChI=1S/C27H40N2O3/c1-25(2,3)16-14-22(19-9-11-20(12-10-19)24(31)32)29-23(30)18-28-27(29)15-7-8-21(13-17-27)26(4,5)6/h9-12,18,21-22H,7-8,13-17H2,1-6H3,(H,31,32). The average Bonchev–Trinajstić information content (AvgIpc) is 2.87. The monoisotopic (exact) mass is 440 g/mol. The van der Waals surface area contributed by atoms with Crippen LogP contribution >= 0.6 is 0 Å². The lowest BCUT2D eigenvalue weighted by Crippen LogP contribution is -2.48. The first-order valence-electron chi connectivity index (χ1n) is 12.0. The smallest absolute Gasteiger partial charge is 0.335 e. The summed E-state index contributed by atoms with van der Waals surface area (Å²) in [6.07, 6.45) is 8.40. The molecular weight excluding hydrogens is 400 g/mol. The van der Waals surface area contributed by atoms with Gasteiger partial charge >= 0.3 is 5.97 Å². The number of aliphatic imine (C=N–C) groups is 1. The number of carbonyl (C=O) groups is 2. The molecule has 1 aromatic carbocycles. The molecule has 3 unspecified atom stereocenters. The van der Waals surface area contributed by atoms with E-state index < -0.39 is 11.6 Å². The minimum Gasteiger partial charge on any atom is -0.478 e. The second-order valence-corrected chi connectivity index (χ2v) is 12.0. The Balaban J connectivity index is 1.96. The molecular formula is C27H40N2O3. The van der Waals surface area contributed by atoms with Gasteiger partial charge in [0.15, 0.2) is 0 Å². The molecule has 1 saturated carbocycles. The number of carboxylic acid groups (broad SMARTS) is 1. The molecule has 1 aromatic rings. The van der Waals surface area contributed by atoms with Crippen molar-refractivity contribution in [1.82, 2.24) is 4.90 Å². The molecule has 1 N–H and O–H groups in total. The molecule has 1 heterocycles. The fraction of sp³-hybridized carbons (Fsp3) is 0.667. The number of carboxylic acids is 1. The van der Waals surface area contributed by atoms with Gasteiger partial charge in [0.25, 0.3) is 5.91 Å². The topological polar surface area (TPSA) is 70.0 Å². The van der Waals surface area contributed by atoms with E-state index in [0.29, 0.717) is 5.92 Å². The molecule has 3 atom stereocenters. The summed E-state index contributed by atoms with van der Waals surface area (Å²) < 4.78 is 0. The number of hydrogen-bond acceptors (Lipinski definition) is 3. The Labute approximate surface area is 193 Å². The molecule has 5 nitrogen and oxygen atoms in total. The van der Waals surface area contributed by atoms with E-state index in [-0.39, 0.29) is 28.3 Å². The van der Waals surface area contributed by atoms with Crippen LogP contribution in [0.1, 0.15) is 108 Å². The zero-order valence-electron chi connectivity index (χ0n) is 20.6. The SMILES string of the molecule is CC(C)(C)CCC(c1ccc(C(=O)O)cc1)N1C(=O)C=NC12CCCC(C(C)(C)C)CC2. The van der Waals surface area contributed by atoms with Gasteiger partial charge in [-0.05, 0) is 79.4 Å². The number of nitrogens with zero attached hydrogens (tertiary/aromatic N) is 2. The minimum atomic E-state index is -0.933. The van der Waals surface area contributed by atoms with Gasteiger partial charge in [0.05, 0.1) is 17.8 Å². The lowest BCUT2D eigenvalue weighted by atomic mass is 9.76. The first-order chi connectivity index (χ1) is 14.8. The van der Waals surface area contributed by atoms with Crippen LogP contribution in [-0.2, 0) is 4.79 Å². The highest BCUT2D eigenvalue weighted by Gasteiger charge is 2.48. The normalized spacial score (nSPS) is 25.2. The summed E-state index contributed by atoms with van der Waals surface area (Å²) in [4.78, 5) is 31.5. The first-order valence-corrected chi connectivity index (χ1v) is 12.0. The molecule has 32 heavy (non-hydrogen) atoms. The lowest BCUT2D eigenvalue weighted by molar-refractivity contribution is -0.132. The number of carbonyl (C=O) groups excluding carboxylic acids is 1. The van der Waals surface area contributed by atoms with Crippen LogP contribution in [0.25, 0.3) is 0 Å². The average molecular weight is 441 g/mol. The predicted octanol–water partition coefficient (Wildman–Crippen LogP) is 6.49. The fourth-order valence-electron chi connectivity index (χ4n) is 5.35. The van der Waals surface area contributed by atoms with E-state index in [0.717, 1.165) is 44.1 Å². The third-order valence-corrected chi connectivity index (χ3v) is 7.37. The minimum absolute atomic E-state index is 0.0135. The quantitative estimate of drug-likeness (QED) is 0.569. The van der Waals surface area contributed by atoms with Crippen LogP contribution in [0.5, 0.6) is 0 Å². The van der Waals surface area contributed by atoms with Crippen molar-refractivity contribution in [3.05, 3.63) is 35.4 Å². The number of amides is 1. The third kappa shape index (κ3) is 5.41. The second kappa shape index (κ2) is 8.99. The van der Waals surface area contributed by atoms with E-state index in [2.05, 4.69) is 41.5 Å². The van der Waals surface area contributed by atoms with Crippen molar-refractivity contribution in [2.24, 2.45) is 21.7 Å². The van der Waals surface area contributed by atoms with Gasteiger partial charge in [-0.25, -0.2) is 4.79 Å². The Kier molecular flexibility index (Phi) is 6.88. The Morgan fingerprint density at radius 1 is 1.12 bits per heavy atom. The Bertz CT molecular complexity index is 860. The molecule has 0 radical (unpaired) electrons. The Morgan fingerprint density at radius 3 is 2.34 bits per heavy atom. The number of hydrogen-bond donors (Lipinski definition) is 1. The maximum Gasteiger partial charge on any atom is 0.335 e. The van der Waals surface area contributed by atoms with Crippen molar-refractivity contribution < 1.29 is 14.7 Å². The highest BCUT2D eigenvalue weighted by Crippen LogP contribution is 2.47. The molecule has 1 amide bonds. The predicted molar refractivity (Wildman–Crippen MR) is 129 cm³/mol. The van der Waals surface area contributed by atoms with Crippen LogP contribution in [0.2, 0.25) is 0 Å². The lowest BCUT2D eigenvalue weighted by Gasteiger charge is -2.42. The van der Waals surface area contributed by atoms with Gasteiger partial charge < -0.3 is 10.0 Å². The van der Waals surface area contributed by atoms with Gasteiger partial charge in [-0.1, -0.05) is 53.7 Å². The van der Waals surface area contributed by atoms with Crippen molar-refractivity contribution in [3.8, 4) is 0 Å². The molecule has 0 saturated heterocycles. The highest BCUT2D eigenvalue weighted by atomic mass is 16.4. The molecule has 2 aliphatic rings. The van der Waals surface area contributed by atoms with Crippen molar-refractivity contribution in [2.75, 3.05) is 0 Å². The van der Waals surface area contributed by atoms with Gasteiger partial charge in [0.1, 0.15) is 5.66 Å². The second-order valence-electron chi connectivity index (χ2n) is 12.0. The molecule has 1 spiro atoms. The highest BCUT2D eigenvalue weighted by molar-refractivity contribution is 6.28. The molecule has 0 aromatic heterocycles. The third-order valence-electron chi connectivity index (χ3n) is 7.37. The summed E-state index contributed by atoms with van der Waals surface area (Å²) in [5, 5.41) is 9.31. The number of rotatable bonds is 5. The van der Waals surface area contributed by atoms with Crippen LogP contribution in [0, 0.1) is 16.7 Å². The Morgan fingerprint density at radius 2 is 1.78 bits per heavy atom. The van der Waals surface area contributed by atoms with Crippen LogP contribution in [-0.4, -0.2) is 33.8 Å². The molecule has 176 valence electrons.